The number of benzene rings is 1. The zero-order chi connectivity index (χ0) is 13.4. The lowest BCUT2D eigenvalue weighted by molar-refractivity contribution is -0.139. The van der Waals surface area contributed by atoms with E-state index < -0.39 is 5.97 Å². The first-order valence-corrected chi connectivity index (χ1v) is 5.80. The lowest BCUT2D eigenvalue weighted by Crippen LogP contribution is -2.12. The molecule has 0 aromatic heterocycles. The number of carbonyl (C=O) groups is 2. The Kier molecular flexibility index (Phi) is 5.70. The zero-order valence-electron chi connectivity index (χ0n) is 10.3. The predicted octanol–water partition coefficient (Wildman–Crippen LogP) is 1.35. The van der Waals surface area contributed by atoms with Gasteiger partial charge in [0.15, 0.2) is 6.61 Å². The highest BCUT2D eigenvalue weighted by molar-refractivity contribution is 5.68. The number of nitrogens with one attached hydrogen (secondary N) is 1. The average molecular weight is 251 g/mol. The van der Waals surface area contributed by atoms with Crippen molar-refractivity contribution in [1.29, 1.82) is 0 Å². The molecule has 0 heterocycles. The summed E-state index contributed by atoms with van der Waals surface area (Å²) in [6.07, 6.45) is 2.40. The van der Waals surface area contributed by atoms with Crippen LogP contribution in [0.3, 0.4) is 0 Å². The van der Waals surface area contributed by atoms with E-state index in [2.05, 4.69) is 5.32 Å². The fraction of sp³-hybridized carbons (Fsp3) is 0.385. The van der Waals surface area contributed by atoms with Crippen LogP contribution in [-0.2, 0) is 22.6 Å². The molecular formula is C13H17NO4. The minimum Gasteiger partial charge on any atom is -0.482 e. The van der Waals surface area contributed by atoms with E-state index in [9.17, 15) is 9.59 Å². The van der Waals surface area contributed by atoms with E-state index in [-0.39, 0.29) is 6.61 Å². The van der Waals surface area contributed by atoms with Crippen molar-refractivity contribution >= 4 is 12.4 Å². The van der Waals surface area contributed by atoms with Crippen LogP contribution < -0.4 is 10.1 Å². The van der Waals surface area contributed by atoms with Crippen molar-refractivity contribution in [3.05, 3.63) is 29.3 Å². The third-order valence-corrected chi connectivity index (χ3v) is 2.38. The maximum atomic E-state index is 10.5. The predicted molar refractivity (Wildman–Crippen MR) is 66.5 cm³/mol. The number of ether oxygens (including phenoxy) is 1. The highest BCUT2D eigenvalue weighted by Gasteiger charge is 2.06. The van der Waals surface area contributed by atoms with Crippen LogP contribution in [0, 0.1) is 0 Å². The maximum Gasteiger partial charge on any atom is 0.341 e. The lowest BCUT2D eigenvalue weighted by atomic mass is 10.1. The van der Waals surface area contributed by atoms with Crippen molar-refractivity contribution in [1.82, 2.24) is 5.32 Å². The van der Waals surface area contributed by atoms with Gasteiger partial charge < -0.3 is 15.2 Å². The van der Waals surface area contributed by atoms with Crippen LogP contribution in [0.2, 0.25) is 0 Å². The van der Waals surface area contributed by atoms with E-state index in [1.165, 1.54) is 0 Å². The van der Waals surface area contributed by atoms with Crippen molar-refractivity contribution in [3.63, 3.8) is 0 Å². The first kappa shape index (κ1) is 14.0. The number of carboxylic acids is 1. The van der Waals surface area contributed by atoms with Crippen LogP contribution in [0.4, 0.5) is 0 Å². The van der Waals surface area contributed by atoms with Gasteiger partial charge in [-0.1, -0.05) is 25.5 Å². The van der Waals surface area contributed by atoms with E-state index in [1.54, 1.807) is 6.07 Å². The second kappa shape index (κ2) is 7.32. The quantitative estimate of drug-likeness (QED) is 0.684. The molecule has 0 aliphatic rings. The minimum atomic E-state index is -0.996. The highest BCUT2D eigenvalue weighted by Crippen LogP contribution is 2.21. The Morgan fingerprint density at radius 1 is 1.50 bits per heavy atom. The van der Waals surface area contributed by atoms with E-state index in [0.29, 0.717) is 18.7 Å². The number of carboxylic acid groups (broad SMARTS) is 1. The highest BCUT2D eigenvalue weighted by atomic mass is 16.5. The summed E-state index contributed by atoms with van der Waals surface area (Å²) in [6.45, 7) is 2.15. The van der Waals surface area contributed by atoms with Crippen LogP contribution in [0.25, 0.3) is 0 Å². The van der Waals surface area contributed by atoms with Crippen LogP contribution >= 0.6 is 0 Å². The summed E-state index contributed by atoms with van der Waals surface area (Å²) < 4.78 is 5.22. The Labute approximate surface area is 106 Å². The molecule has 1 amide bonds. The van der Waals surface area contributed by atoms with Crippen LogP contribution in [-0.4, -0.2) is 24.1 Å². The number of aliphatic carboxylic acids is 1. The Bertz CT molecular complexity index is 417. The molecule has 2 N–H and O–H groups in total. The molecule has 1 aromatic rings. The summed E-state index contributed by atoms with van der Waals surface area (Å²) in [5.41, 5.74) is 1.93. The Hall–Kier alpha value is -2.04. The Morgan fingerprint density at radius 2 is 2.28 bits per heavy atom. The summed E-state index contributed by atoms with van der Waals surface area (Å²) in [5.74, 6) is -0.404. The molecule has 0 spiro atoms. The topological polar surface area (TPSA) is 75.6 Å². The van der Waals surface area contributed by atoms with Crippen molar-refractivity contribution < 1.29 is 19.4 Å². The molecule has 18 heavy (non-hydrogen) atoms. The van der Waals surface area contributed by atoms with Crippen LogP contribution in [0.5, 0.6) is 5.75 Å². The van der Waals surface area contributed by atoms with Crippen molar-refractivity contribution in [2.75, 3.05) is 6.61 Å². The van der Waals surface area contributed by atoms with E-state index in [4.69, 9.17) is 9.84 Å². The summed E-state index contributed by atoms with van der Waals surface area (Å²) in [7, 11) is 0. The molecule has 5 heteroatoms. The number of aryl methyl sites for hydroxylation is 1. The van der Waals surface area contributed by atoms with E-state index in [0.717, 1.165) is 24.0 Å². The zero-order valence-corrected chi connectivity index (χ0v) is 10.3. The second-order valence-electron chi connectivity index (χ2n) is 3.87. The summed E-state index contributed by atoms with van der Waals surface area (Å²) >= 11 is 0. The standard InChI is InChI=1S/C13H17NO4/c1-2-3-11-6-10(7-14-9-15)4-5-12(11)18-8-13(16)17/h4-6,9H,2-3,7-8H2,1H3,(H,14,15)(H,16,17). The molecule has 98 valence electrons. The molecule has 0 radical (unpaired) electrons. The molecule has 5 nitrogen and oxygen atoms in total. The maximum absolute atomic E-state index is 10.5. The number of hydrogen-bond acceptors (Lipinski definition) is 3. The van der Waals surface area contributed by atoms with Gasteiger partial charge in [-0.05, 0) is 23.6 Å². The summed E-state index contributed by atoms with van der Waals surface area (Å²) in [4.78, 5) is 20.7. The smallest absolute Gasteiger partial charge is 0.341 e. The van der Waals surface area contributed by atoms with Crippen molar-refractivity contribution in [2.24, 2.45) is 0 Å². The third-order valence-electron chi connectivity index (χ3n) is 2.38. The van der Waals surface area contributed by atoms with Gasteiger partial charge in [-0.25, -0.2) is 4.79 Å². The SMILES string of the molecule is CCCc1cc(CNC=O)ccc1OCC(=O)O. The van der Waals surface area contributed by atoms with Gasteiger partial charge in [-0.15, -0.1) is 0 Å². The number of rotatable bonds is 8. The molecule has 0 saturated carbocycles. The van der Waals surface area contributed by atoms with Gasteiger partial charge in [-0.3, -0.25) is 4.79 Å². The molecule has 0 aliphatic carbocycles. The fourth-order valence-electron chi connectivity index (χ4n) is 1.65. The molecule has 0 unspecified atom stereocenters. The molecule has 0 atom stereocenters. The molecule has 0 aliphatic heterocycles. The monoisotopic (exact) mass is 251 g/mol. The van der Waals surface area contributed by atoms with Crippen LogP contribution in [0.15, 0.2) is 18.2 Å². The van der Waals surface area contributed by atoms with Gasteiger partial charge in [0, 0.05) is 6.54 Å². The van der Waals surface area contributed by atoms with Crippen molar-refractivity contribution in [2.45, 2.75) is 26.3 Å². The van der Waals surface area contributed by atoms with Crippen LogP contribution in [0.1, 0.15) is 24.5 Å². The van der Waals surface area contributed by atoms with Gasteiger partial charge in [0.25, 0.3) is 0 Å². The number of hydrogen-bond donors (Lipinski definition) is 2. The molecule has 0 saturated heterocycles. The summed E-state index contributed by atoms with van der Waals surface area (Å²) in [5, 5.41) is 11.2. The number of carbonyl (C=O) groups excluding carboxylic acids is 1. The Morgan fingerprint density at radius 3 is 2.89 bits per heavy atom. The number of amides is 1. The van der Waals surface area contributed by atoms with Gasteiger partial charge in [0.2, 0.25) is 6.41 Å². The van der Waals surface area contributed by atoms with Crippen molar-refractivity contribution in [3.8, 4) is 5.75 Å². The first-order valence-electron chi connectivity index (χ1n) is 5.80. The van der Waals surface area contributed by atoms with Gasteiger partial charge >= 0.3 is 5.97 Å². The van der Waals surface area contributed by atoms with Gasteiger partial charge in [0.05, 0.1) is 0 Å². The average Bonchev–Trinajstić information content (AvgIpc) is 2.35. The molecule has 1 aromatic carbocycles. The largest absolute Gasteiger partial charge is 0.482 e. The van der Waals surface area contributed by atoms with E-state index in [1.807, 2.05) is 19.1 Å². The molecular weight excluding hydrogens is 234 g/mol. The van der Waals surface area contributed by atoms with Gasteiger partial charge in [-0.2, -0.15) is 0 Å². The molecule has 0 bridgehead atoms. The Balaban J connectivity index is 2.81. The minimum absolute atomic E-state index is 0.345. The first-order chi connectivity index (χ1) is 8.67. The fourth-order valence-corrected chi connectivity index (χ4v) is 1.65. The molecule has 1 rings (SSSR count). The third kappa shape index (κ3) is 4.45. The summed E-state index contributed by atoms with van der Waals surface area (Å²) in [6, 6.07) is 5.49. The normalized spacial score (nSPS) is 9.83. The lowest BCUT2D eigenvalue weighted by Gasteiger charge is -2.11. The van der Waals surface area contributed by atoms with E-state index >= 15 is 0 Å². The molecule has 0 fully saturated rings. The second-order valence-corrected chi connectivity index (χ2v) is 3.87. The van der Waals surface area contributed by atoms with Gasteiger partial charge in [0.1, 0.15) is 5.75 Å².